The third-order valence-electron chi connectivity index (χ3n) is 2.43. The fourth-order valence-corrected chi connectivity index (χ4v) is 1.54. The smallest absolute Gasteiger partial charge is 0.221 e. The highest BCUT2D eigenvalue weighted by Crippen LogP contribution is 2.10. The summed E-state index contributed by atoms with van der Waals surface area (Å²) in [4.78, 5) is 8.06. The van der Waals surface area contributed by atoms with Crippen LogP contribution in [0.15, 0.2) is 18.5 Å². The van der Waals surface area contributed by atoms with Crippen LogP contribution in [-0.4, -0.2) is 26.3 Å². The predicted octanol–water partition coefficient (Wildman–Crippen LogP) is 0.755. The zero-order chi connectivity index (χ0) is 12.3. The van der Waals surface area contributed by atoms with Crippen LogP contribution in [0.3, 0.4) is 0 Å². The van der Waals surface area contributed by atoms with Gasteiger partial charge in [-0.3, -0.25) is 4.68 Å². The summed E-state index contributed by atoms with van der Waals surface area (Å²) < 4.78 is 1.79. The largest absolute Gasteiger partial charge is 0.369 e. The van der Waals surface area contributed by atoms with Gasteiger partial charge in [0.15, 0.2) is 0 Å². The summed E-state index contributed by atoms with van der Waals surface area (Å²) in [5.74, 6) is 1.07. The van der Waals surface area contributed by atoms with Crippen molar-refractivity contribution in [1.29, 1.82) is 0 Å². The molecule has 0 saturated carbocycles. The van der Waals surface area contributed by atoms with E-state index in [0.717, 1.165) is 30.0 Å². The zero-order valence-electron chi connectivity index (χ0n) is 10.0. The molecule has 0 bridgehead atoms. The van der Waals surface area contributed by atoms with Gasteiger partial charge in [0.1, 0.15) is 5.82 Å². The Balaban J connectivity index is 1.91. The maximum Gasteiger partial charge on any atom is 0.221 e. The highest BCUT2D eigenvalue weighted by molar-refractivity contribution is 5.45. The van der Waals surface area contributed by atoms with E-state index < -0.39 is 0 Å². The molecule has 0 spiro atoms. The molecule has 2 rings (SSSR count). The maximum atomic E-state index is 5.54. The lowest BCUT2D eigenvalue weighted by molar-refractivity contribution is 0.742. The minimum Gasteiger partial charge on any atom is -0.369 e. The highest BCUT2D eigenvalue weighted by Gasteiger charge is 2.02. The van der Waals surface area contributed by atoms with E-state index in [1.54, 1.807) is 10.9 Å². The Hall–Kier alpha value is -2.11. The van der Waals surface area contributed by atoms with Crippen molar-refractivity contribution in [3.63, 3.8) is 0 Å². The Kier molecular flexibility index (Phi) is 3.22. The maximum absolute atomic E-state index is 5.54. The van der Waals surface area contributed by atoms with Gasteiger partial charge in [0.2, 0.25) is 5.95 Å². The lowest BCUT2D eigenvalue weighted by atomic mass is 10.3. The molecule has 0 aliphatic heterocycles. The van der Waals surface area contributed by atoms with Crippen molar-refractivity contribution in [2.24, 2.45) is 7.05 Å². The van der Waals surface area contributed by atoms with Crippen LogP contribution in [0.1, 0.15) is 11.3 Å². The summed E-state index contributed by atoms with van der Waals surface area (Å²) >= 11 is 0. The minimum atomic E-state index is 0.288. The van der Waals surface area contributed by atoms with Gasteiger partial charge in [0.05, 0.1) is 5.69 Å². The molecule has 17 heavy (non-hydrogen) atoms. The van der Waals surface area contributed by atoms with Gasteiger partial charge in [-0.05, 0) is 13.0 Å². The summed E-state index contributed by atoms with van der Waals surface area (Å²) in [5, 5.41) is 7.53. The van der Waals surface area contributed by atoms with Crippen molar-refractivity contribution in [3.05, 3.63) is 29.7 Å². The third kappa shape index (κ3) is 2.93. The number of nitrogens with zero attached hydrogens (tertiary/aromatic N) is 4. The molecule has 0 radical (unpaired) electrons. The van der Waals surface area contributed by atoms with Crippen molar-refractivity contribution in [3.8, 4) is 0 Å². The Morgan fingerprint density at radius 3 is 3.00 bits per heavy atom. The lowest BCUT2D eigenvalue weighted by Gasteiger charge is -2.07. The molecule has 0 aromatic carbocycles. The molecule has 0 aliphatic rings. The van der Waals surface area contributed by atoms with Crippen LogP contribution >= 0.6 is 0 Å². The van der Waals surface area contributed by atoms with Gasteiger partial charge in [-0.2, -0.15) is 10.1 Å². The second-order valence-corrected chi connectivity index (χ2v) is 3.92. The molecule has 2 aromatic heterocycles. The van der Waals surface area contributed by atoms with Crippen LogP contribution in [0.25, 0.3) is 0 Å². The number of nitrogens with one attached hydrogen (secondary N) is 1. The molecule has 0 atom stereocenters. The molecule has 0 aliphatic carbocycles. The molecule has 2 heterocycles. The standard InChI is InChI=1S/C11H16N6/c1-8-7-14-11(12)15-10(8)13-5-3-9-4-6-17(2)16-9/h4,6-7H,3,5H2,1-2H3,(H3,12,13,14,15). The molecule has 0 saturated heterocycles. The Morgan fingerprint density at radius 1 is 1.47 bits per heavy atom. The van der Waals surface area contributed by atoms with E-state index in [4.69, 9.17) is 5.73 Å². The van der Waals surface area contributed by atoms with Crippen LogP contribution in [0.5, 0.6) is 0 Å². The molecule has 0 fully saturated rings. The van der Waals surface area contributed by atoms with Crippen molar-refractivity contribution < 1.29 is 0 Å². The average molecular weight is 232 g/mol. The first-order valence-electron chi connectivity index (χ1n) is 5.46. The van der Waals surface area contributed by atoms with Gasteiger partial charge >= 0.3 is 0 Å². The molecular formula is C11H16N6. The van der Waals surface area contributed by atoms with Gasteiger partial charge in [-0.25, -0.2) is 4.98 Å². The molecule has 6 heteroatoms. The van der Waals surface area contributed by atoms with Crippen molar-refractivity contribution in [1.82, 2.24) is 19.7 Å². The Labute approximate surface area is 99.9 Å². The van der Waals surface area contributed by atoms with Gasteiger partial charge < -0.3 is 11.1 Å². The van der Waals surface area contributed by atoms with E-state index >= 15 is 0 Å². The van der Waals surface area contributed by atoms with Gasteiger partial charge in [0.25, 0.3) is 0 Å². The second kappa shape index (κ2) is 4.82. The van der Waals surface area contributed by atoms with Crippen LogP contribution in [0, 0.1) is 6.92 Å². The SMILES string of the molecule is Cc1cnc(N)nc1NCCc1ccn(C)n1. The molecule has 90 valence electrons. The highest BCUT2D eigenvalue weighted by atomic mass is 15.2. The van der Waals surface area contributed by atoms with E-state index in [9.17, 15) is 0 Å². The number of hydrogen-bond donors (Lipinski definition) is 2. The second-order valence-electron chi connectivity index (χ2n) is 3.92. The van der Waals surface area contributed by atoms with Crippen LogP contribution < -0.4 is 11.1 Å². The fraction of sp³-hybridized carbons (Fsp3) is 0.364. The van der Waals surface area contributed by atoms with Crippen molar-refractivity contribution in [2.45, 2.75) is 13.3 Å². The predicted molar refractivity (Wildman–Crippen MR) is 66.6 cm³/mol. The molecule has 0 unspecified atom stereocenters. The number of hydrogen-bond acceptors (Lipinski definition) is 5. The number of aromatic nitrogens is 4. The summed E-state index contributed by atoms with van der Waals surface area (Å²) in [7, 11) is 1.91. The van der Waals surface area contributed by atoms with Crippen LogP contribution in [-0.2, 0) is 13.5 Å². The monoisotopic (exact) mass is 232 g/mol. The first-order valence-corrected chi connectivity index (χ1v) is 5.46. The lowest BCUT2D eigenvalue weighted by Crippen LogP contribution is -2.10. The van der Waals surface area contributed by atoms with E-state index in [-0.39, 0.29) is 5.95 Å². The molecule has 6 nitrogen and oxygen atoms in total. The van der Waals surface area contributed by atoms with Gasteiger partial charge in [-0.15, -0.1) is 0 Å². The minimum absolute atomic E-state index is 0.288. The van der Waals surface area contributed by atoms with E-state index in [0.29, 0.717) is 0 Å². The zero-order valence-corrected chi connectivity index (χ0v) is 10.0. The van der Waals surface area contributed by atoms with Crippen LogP contribution in [0.2, 0.25) is 0 Å². The van der Waals surface area contributed by atoms with Gasteiger partial charge in [0, 0.05) is 38.0 Å². The Morgan fingerprint density at radius 2 is 2.29 bits per heavy atom. The van der Waals surface area contributed by atoms with Crippen LogP contribution in [0.4, 0.5) is 11.8 Å². The summed E-state index contributed by atoms with van der Waals surface area (Å²) in [6.07, 6.45) is 4.50. The number of aryl methyl sites for hydroxylation is 2. The fourth-order valence-electron chi connectivity index (χ4n) is 1.54. The Bertz CT molecular complexity index is 504. The summed E-state index contributed by atoms with van der Waals surface area (Å²) in [5.41, 5.74) is 7.58. The third-order valence-corrected chi connectivity index (χ3v) is 2.43. The normalized spacial score (nSPS) is 10.5. The van der Waals surface area contributed by atoms with E-state index in [1.165, 1.54) is 0 Å². The first kappa shape index (κ1) is 11.4. The number of nitrogen functional groups attached to an aromatic ring is 1. The van der Waals surface area contributed by atoms with Gasteiger partial charge in [-0.1, -0.05) is 0 Å². The topological polar surface area (TPSA) is 81.6 Å². The van der Waals surface area contributed by atoms with Crippen molar-refractivity contribution in [2.75, 3.05) is 17.6 Å². The summed E-state index contributed by atoms with van der Waals surface area (Å²) in [6, 6.07) is 2.00. The average Bonchev–Trinajstić information content (AvgIpc) is 2.69. The van der Waals surface area contributed by atoms with Crippen molar-refractivity contribution >= 4 is 11.8 Å². The molecular weight excluding hydrogens is 216 g/mol. The van der Waals surface area contributed by atoms with E-state index in [1.807, 2.05) is 26.2 Å². The number of nitrogens with two attached hydrogens (primary N) is 1. The quantitative estimate of drug-likeness (QED) is 0.813. The summed E-state index contributed by atoms with van der Waals surface area (Å²) in [6.45, 7) is 2.72. The van der Waals surface area contributed by atoms with E-state index in [2.05, 4.69) is 20.4 Å². The molecule has 0 amide bonds. The molecule has 3 N–H and O–H groups in total. The molecule has 2 aromatic rings. The first-order chi connectivity index (χ1) is 8.15. The number of anilines is 2. The number of rotatable bonds is 4.